The van der Waals surface area contributed by atoms with Crippen molar-refractivity contribution in [3.8, 4) is 0 Å². The van der Waals surface area contributed by atoms with E-state index in [1.54, 1.807) is 7.05 Å². The molecule has 7 heteroatoms. The van der Waals surface area contributed by atoms with Crippen LogP contribution in [-0.2, 0) is 9.59 Å². The largest absolute Gasteiger partial charge is 0.359 e. The summed E-state index contributed by atoms with van der Waals surface area (Å²) >= 11 is 0. The fraction of sp³-hybridized carbons (Fsp3) is 0.286. The molecule has 1 fully saturated rings. The third-order valence-electron chi connectivity index (χ3n) is 8.06. The molecule has 0 spiro atoms. The molecule has 1 heterocycles. The van der Waals surface area contributed by atoms with Crippen LogP contribution in [0.25, 0.3) is 10.8 Å². The van der Waals surface area contributed by atoms with Crippen LogP contribution >= 0.6 is 0 Å². The van der Waals surface area contributed by atoms with Gasteiger partial charge in [0.1, 0.15) is 0 Å². The number of carbonyl (C=O) groups is 3. The predicted octanol–water partition coefficient (Wildman–Crippen LogP) is 4.49. The van der Waals surface area contributed by atoms with Gasteiger partial charge in [0.15, 0.2) is 0 Å². The zero-order valence-electron chi connectivity index (χ0n) is 24.0. The van der Waals surface area contributed by atoms with Gasteiger partial charge >= 0.3 is 0 Å². The van der Waals surface area contributed by atoms with Crippen LogP contribution in [0.5, 0.6) is 0 Å². The van der Waals surface area contributed by atoms with Crippen molar-refractivity contribution in [3.63, 3.8) is 0 Å². The van der Waals surface area contributed by atoms with Gasteiger partial charge < -0.3 is 20.9 Å². The van der Waals surface area contributed by atoms with E-state index in [9.17, 15) is 14.4 Å². The van der Waals surface area contributed by atoms with Crippen molar-refractivity contribution in [1.82, 2.24) is 20.9 Å². The molecule has 42 heavy (non-hydrogen) atoms. The smallest absolute Gasteiger partial charge is 0.251 e. The normalized spacial score (nSPS) is 17.2. The summed E-state index contributed by atoms with van der Waals surface area (Å²) in [6, 6.07) is 33.5. The molecular formula is C35H38N4O3. The third kappa shape index (κ3) is 7.22. The Hall–Kier alpha value is -4.49. The van der Waals surface area contributed by atoms with Crippen molar-refractivity contribution in [2.75, 3.05) is 26.7 Å². The van der Waals surface area contributed by atoms with E-state index in [0.29, 0.717) is 38.0 Å². The lowest BCUT2D eigenvalue weighted by Gasteiger charge is -2.29. The molecule has 0 aromatic heterocycles. The van der Waals surface area contributed by atoms with Gasteiger partial charge in [-0.05, 0) is 46.9 Å². The van der Waals surface area contributed by atoms with Crippen LogP contribution in [0.2, 0.25) is 0 Å². The maximum atomic E-state index is 13.9. The highest BCUT2D eigenvalue weighted by Gasteiger charge is 2.33. The minimum Gasteiger partial charge on any atom is -0.359 e. The Bertz CT molecular complexity index is 1470. The summed E-state index contributed by atoms with van der Waals surface area (Å²) in [5, 5.41) is 11.3. The van der Waals surface area contributed by atoms with Crippen molar-refractivity contribution >= 4 is 28.5 Å². The van der Waals surface area contributed by atoms with Crippen LogP contribution < -0.4 is 16.0 Å². The maximum absolute atomic E-state index is 13.9. The van der Waals surface area contributed by atoms with Crippen molar-refractivity contribution in [2.24, 2.45) is 0 Å². The highest BCUT2D eigenvalue weighted by atomic mass is 16.2. The summed E-state index contributed by atoms with van der Waals surface area (Å²) < 4.78 is 0. The molecule has 2 unspecified atom stereocenters. The average Bonchev–Trinajstić information content (AvgIpc) is 3.19. The van der Waals surface area contributed by atoms with E-state index in [1.165, 1.54) is 0 Å². The Balaban J connectivity index is 1.32. The number of fused-ring (bicyclic) bond motifs is 1. The second-order valence-corrected chi connectivity index (χ2v) is 10.8. The van der Waals surface area contributed by atoms with Gasteiger partial charge in [0.2, 0.25) is 11.8 Å². The molecular weight excluding hydrogens is 524 g/mol. The van der Waals surface area contributed by atoms with Crippen molar-refractivity contribution in [3.05, 3.63) is 120 Å². The minimum atomic E-state index is -0.528. The molecule has 0 saturated carbocycles. The number of amides is 3. The molecule has 0 bridgehead atoms. The molecule has 3 N–H and O–H groups in total. The van der Waals surface area contributed by atoms with Gasteiger partial charge in [-0.15, -0.1) is 0 Å². The highest BCUT2D eigenvalue weighted by molar-refractivity contribution is 5.98. The van der Waals surface area contributed by atoms with Crippen LogP contribution in [0.15, 0.2) is 103 Å². The summed E-state index contributed by atoms with van der Waals surface area (Å²) in [4.78, 5) is 41.0. The Labute approximate surface area is 247 Å². The highest BCUT2D eigenvalue weighted by Crippen LogP contribution is 2.27. The van der Waals surface area contributed by atoms with Gasteiger partial charge in [-0.1, -0.05) is 91.0 Å². The average molecular weight is 563 g/mol. The zero-order chi connectivity index (χ0) is 29.3. The van der Waals surface area contributed by atoms with Gasteiger partial charge in [0.25, 0.3) is 5.91 Å². The summed E-state index contributed by atoms with van der Waals surface area (Å²) in [6.45, 7) is 1.46. The number of hydrogen-bond donors (Lipinski definition) is 3. The first kappa shape index (κ1) is 29.0. The molecule has 5 rings (SSSR count). The van der Waals surface area contributed by atoms with E-state index in [1.807, 2.05) is 83.8 Å². The van der Waals surface area contributed by atoms with Gasteiger partial charge in [0.05, 0.1) is 6.04 Å². The van der Waals surface area contributed by atoms with Gasteiger partial charge in [-0.25, -0.2) is 0 Å². The van der Waals surface area contributed by atoms with Crippen LogP contribution in [0, 0.1) is 0 Å². The Morgan fingerprint density at radius 1 is 0.881 bits per heavy atom. The molecule has 0 radical (unpaired) electrons. The van der Waals surface area contributed by atoms with E-state index in [0.717, 1.165) is 21.9 Å². The first-order chi connectivity index (χ1) is 20.5. The van der Waals surface area contributed by atoms with E-state index in [4.69, 9.17) is 0 Å². The Morgan fingerprint density at radius 3 is 2.19 bits per heavy atom. The molecule has 2 atom stereocenters. The fourth-order valence-electron chi connectivity index (χ4n) is 5.67. The SMILES string of the molecule is CNC(=O)CCC1NC(CNC(=O)c2ccc3ccccc3c2)CCN(CC(c2ccccc2)c2ccccc2)C1=O. The number of benzene rings is 4. The minimum absolute atomic E-state index is 0.0140. The van der Waals surface area contributed by atoms with E-state index in [-0.39, 0.29) is 36.1 Å². The third-order valence-corrected chi connectivity index (χ3v) is 8.06. The molecule has 7 nitrogen and oxygen atoms in total. The monoisotopic (exact) mass is 562 g/mol. The Kier molecular flexibility index (Phi) is 9.62. The molecule has 1 aliphatic rings. The van der Waals surface area contributed by atoms with Crippen molar-refractivity contribution in [2.45, 2.75) is 37.3 Å². The molecule has 0 aliphatic carbocycles. The molecule has 4 aromatic carbocycles. The Morgan fingerprint density at radius 2 is 1.52 bits per heavy atom. The molecule has 4 aromatic rings. The summed E-state index contributed by atoms with van der Waals surface area (Å²) in [7, 11) is 1.60. The number of nitrogens with zero attached hydrogens (tertiary/aromatic N) is 1. The maximum Gasteiger partial charge on any atom is 0.251 e. The summed E-state index contributed by atoms with van der Waals surface area (Å²) in [5.74, 6) is -0.252. The standard InChI is InChI=1S/C35H38N4O3/c1-36-33(40)19-18-32-35(42)39(24-31(26-11-4-2-5-12-26)27-13-6-3-7-14-27)21-20-30(38-32)23-37-34(41)29-17-16-25-10-8-9-15-28(25)22-29/h2-17,22,30-32,38H,18-21,23-24H2,1H3,(H,36,40)(H,37,41). The van der Waals surface area contributed by atoms with Crippen LogP contribution in [0.4, 0.5) is 0 Å². The van der Waals surface area contributed by atoms with Crippen LogP contribution in [0.1, 0.15) is 46.7 Å². The van der Waals surface area contributed by atoms with E-state index in [2.05, 4.69) is 40.2 Å². The van der Waals surface area contributed by atoms with Gasteiger partial charge in [-0.2, -0.15) is 0 Å². The van der Waals surface area contributed by atoms with E-state index < -0.39 is 6.04 Å². The second kappa shape index (κ2) is 13.9. The van der Waals surface area contributed by atoms with Gasteiger partial charge in [0, 0.05) is 50.6 Å². The number of nitrogens with one attached hydrogen (secondary N) is 3. The molecule has 1 saturated heterocycles. The first-order valence-electron chi connectivity index (χ1n) is 14.6. The topological polar surface area (TPSA) is 90.5 Å². The van der Waals surface area contributed by atoms with Crippen molar-refractivity contribution in [1.29, 1.82) is 0 Å². The first-order valence-corrected chi connectivity index (χ1v) is 14.6. The number of hydrogen-bond acceptors (Lipinski definition) is 4. The lowest BCUT2D eigenvalue weighted by molar-refractivity contribution is -0.133. The lowest BCUT2D eigenvalue weighted by Crippen LogP contribution is -2.49. The number of carbonyl (C=O) groups excluding carboxylic acids is 3. The quantitative estimate of drug-likeness (QED) is 0.266. The van der Waals surface area contributed by atoms with E-state index >= 15 is 0 Å². The van der Waals surface area contributed by atoms with Crippen molar-refractivity contribution < 1.29 is 14.4 Å². The van der Waals surface area contributed by atoms with Crippen LogP contribution in [-0.4, -0.2) is 61.4 Å². The fourth-order valence-corrected chi connectivity index (χ4v) is 5.67. The molecule has 216 valence electrons. The predicted molar refractivity (Wildman–Crippen MR) is 166 cm³/mol. The van der Waals surface area contributed by atoms with Crippen LogP contribution in [0.3, 0.4) is 0 Å². The molecule has 3 amide bonds. The summed E-state index contributed by atoms with van der Waals surface area (Å²) in [6.07, 6.45) is 1.30. The summed E-state index contributed by atoms with van der Waals surface area (Å²) in [5.41, 5.74) is 2.90. The van der Waals surface area contributed by atoms with Gasteiger partial charge in [-0.3, -0.25) is 14.4 Å². The lowest BCUT2D eigenvalue weighted by atomic mass is 9.90. The molecule has 1 aliphatic heterocycles. The second-order valence-electron chi connectivity index (χ2n) is 10.8. The zero-order valence-corrected chi connectivity index (χ0v) is 24.0. The number of rotatable bonds is 10.